The Morgan fingerprint density at radius 2 is 1.95 bits per heavy atom. The molecule has 1 aromatic carbocycles. The number of fused-ring (bicyclic) bond motifs is 1. The fraction of sp³-hybridized carbons (Fsp3) is 0.176. The van der Waals surface area contributed by atoms with Crippen molar-refractivity contribution < 1.29 is 14.7 Å². The van der Waals surface area contributed by atoms with Crippen LogP contribution in [0.3, 0.4) is 0 Å². The number of carbonyl (C=O) groups excluding carboxylic acids is 2. The zero-order valence-corrected chi connectivity index (χ0v) is 12.6. The summed E-state index contributed by atoms with van der Waals surface area (Å²) in [5, 5.41) is 14.4. The Hall–Kier alpha value is -2.40. The maximum absolute atomic E-state index is 12.0. The standard InChI is InChI=1S/C17H15NO3S/c19-14(10-9-11-5-2-1-3-6-11)18-16-15(17(20)21)12-7-4-8-13(12)22-16/h1-3,5-6,9-10H,4,7-8H2,(H,18,19)(H,20,21)/p-1/b10-9-. The highest BCUT2D eigenvalue weighted by molar-refractivity contribution is 7.17. The largest absolute Gasteiger partial charge is 0.545 e. The average molecular weight is 312 g/mol. The first-order chi connectivity index (χ1) is 10.6. The number of hydrogen-bond acceptors (Lipinski definition) is 4. The number of benzene rings is 1. The molecule has 2 aromatic rings. The van der Waals surface area contributed by atoms with E-state index in [0.29, 0.717) is 5.00 Å². The van der Waals surface area contributed by atoms with Gasteiger partial charge in [-0.15, -0.1) is 11.3 Å². The average Bonchev–Trinajstić information content (AvgIpc) is 3.06. The van der Waals surface area contributed by atoms with E-state index in [1.165, 1.54) is 17.4 Å². The van der Waals surface area contributed by atoms with Gasteiger partial charge in [0.1, 0.15) is 5.00 Å². The molecule has 5 heteroatoms. The van der Waals surface area contributed by atoms with Crippen molar-refractivity contribution in [1.82, 2.24) is 0 Å². The van der Waals surface area contributed by atoms with Gasteiger partial charge < -0.3 is 15.2 Å². The van der Waals surface area contributed by atoms with Gasteiger partial charge >= 0.3 is 0 Å². The molecule has 4 nitrogen and oxygen atoms in total. The van der Waals surface area contributed by atoms with Crippen LogP contribution in [-0.2, 0) is 17.6 Å². The molecule has 0 aliphatic heterocycles. The van der Waals surface area contributed by atoms with E-state index < -0.39 is 5.97 Å². The normalized spacial score (nSPS) is 13.3. The van der Waals surface area contributed by atoms with Crippen LogP contribution in [0.25, 0.3) is 6.08 Å². The van der Waals surface area contributed by atoms with Crippen molar-refractivity contribution in [3.8, 4) is 0 Å². The lowest BCUT2D eigenvalue weighted by Gasteiger charge is -2.07. The number of carboxylic acids is 1. The maximum atomic E-state index is 12.0. The molecular weight excluding hydrogens is 298 g/mol. The van der Waals surface area contributed by atoms with Gasteiger partial charge in [0.25, 0.3) is 0 Å². The van der Waals surface area contributed by atoms with E-state index in [4.69, 9.17) is 0 Å². The van der Waals surface area contributed by atoms with Crippen molar-refractivity contribution in [3.63, 3.8) is 0 Å². The highest BCUT2D eigenvalue weighted by Crippen LogP contribution is 2.38. The van der Waals surface area contributed by atoms with Crippen molar-refractivity contribution in [1.29, 1.82) is 0 Å². The minimum atomic E-state index is -1.22. The Kier molecular flexibility index (Phi) is 4.06. The number of carbonyl (C=O) groups is 2. The van der Waals surface area contributed by atoms with E-state index in [1.54, 1.807) is 6.08 Å². The van der Waals surface area contributed by atoms with Crippen LogP contribution in [0.1, 0.15) is 32.8 Å². The van der Waals surface area contributed by atoms with E-state index in [2.05, 4.69) is 5.32 Å². The molecule has 0 fully saturated rings. The monoisotopic (exact) mass is 312 g/mol. The molecule has 0 spiro atoms. The van der Waals surface area contributed by atoms with Crippen LogP contribution in [0.5, 0.6) is 0 Å². The van der Waals surface area contributed by atoms with Crippen molar-refractivity contribution in [3.05, 3.63) is 58.0 Å². The fourth-order valence-electron chi connectivity index (χ4n) is 2.60. The minimum absolute atomic E-state index is 0.152. The maximum Gasteiger partial charge on any atom is 0.249 e. The van der Waals surface area contributed by atoms with Gasteiger partial charge in [-0.25, -0.2) is 0 Å². The predicted octanol–water partition coefficient (Wildman–Crippen LogP) is 2.25. The van der Waals surface area contributed by atoms with Gasteiger partial charge in [-0.05, 0) is 36.5 Å². The number of amides is 1. The molecule has 1 aliphatic carbocycles. The molecule has 1 aliphatic rings. The SMILES string of the molecule is O=C(/C=C\c1ccccc1)Nc1sc2c(c1C(=O)[O-])CCC2. The zero-order chi connectivity index (χ0) is 15.5. The van der Waals surface area contributed by atoms with Gasteiger partial charge in [-0.2, -0.15) is 0 Å². The van der Waals surface area contributed by atoms with Gasteiger partial charge in [0, 0.05) is 16.5 Å². The van der Waals surface area contributed by atoms with Crippen LogP contribution in [0.4, 0.5) is 5.00 Å². The Morgan fingerprint density at radius 3 is 2.68 bits per heavy atom. The van der Waals surface area contributed by atoms with Crippen LogP contribution >= 0.6 is 11.3 Å². The highest BCUT2D eigenvalue weighted by Gasteiger charge is 2.23. The van der Waals surface area contributed by atoms with Crippen molar-refractivity contribution in [2.24, 2.45) is 0 Å². The molecule has 1 amide bonds. The number of thiophene rings is 1. The molecule has 1 heterocycles. The Labute approximate surface area is 132 Å². The Bertz CT molecular complexity index is 747. The second-order valence-electron chi connectivity index (χ2n) is 5.08. The molecule has 112 valence electrons. The van der Waals surface area contributed by atoms with E-state index in [0.717, 1.165) is 35.3 Å². The van der Waals surface area contributed by atoms with Gasteiger partial charge in [0.2, 0.25) is 5.91 Å². The summed E-state index contributed by atoms with van der Waals surface area (Å²) in [5.41, 5.74) is 1.89. The van der Waals surface area contributed by atoms with Crippen LogP contribution < -0.4 is 10.4 Å². The molecule has 0 atom stereocenters. The number of aryl methyl sites for hydroxylation is 1. The lowest BCUT2D eigenvalue weighted by molar-refractivity contribution is -0.254. The molecule has 1 N–H and O–H groups in total. The number of aromatic carboxylic acids is 1. The van der Waals surface area contributed by atoms with E-state index in [-0.39, 0.29) is 11.5 Å². The molecule has 0 radical (unpaired) electrons. The summed E-state index contributed by atoms with van der Waals surface area (Å²) in [4.78, 5) is 24.4. The van der Waals surface area contributed by atoms with Gasteiger partial charge in [0.05, 0.1) is 5.97 Å². The summed E-state index contributed by atoms with van der Waals surface area (Å²) in [7, 11) is 0. The van der Waals surface area contributed by atoms with E-state index in [9.17, 15) is 14.7 Å². The molecule has 0 bridgehead atoms. The third-order valence-corrected chi connectivity index (χ3v) is 4.80. The van der Waals surface area contributed by atoms with Crippen molar-refractivity contribution in [2.75, 3.05) is 5.32 Å². The van der Waals surface area contributed by atoms with Crippen molar-refractivity contribution in [2.45, 2.75) is 19.3 Å². The first kappa shape index (κ1) is 14.5. The molecule has 1 aromatic heterocycles. The molecule has 0 saturated carbocycles. The van der Waals surface area contributed by atoms with Crippen LogP contribution in [0.15, 0.2) is 36.4 Å². The first-order valence-corrected chi connectivity index (χ1v) is 7.87. The van der Waals surface area contributed by atoms with Crippen LogP contribution in [0.2, 0.25) is 0 Å². The third-order valence-electron chi connectivity index (χ3n) is 3.59. The predicted molar refractivity (Wildman–Crippen MR) is 84.8 cm³/mol. The van der Waals surface area contributed by atoms with Crippen molar-refractivity contribution >= 4 is 34.3 Å². The fourth-order valence-corrected chi connectivity index (χ4v) is 3.88. The number of carboxylic acid groups (broad SMARTS) is 1. The van der Waals surface area contributed by atoms with Crippen LogP contribution in [0, 0.1) is 0 Å². The summed E-state index contributed by atoms with van der Waals surface area (Å²) < 4.78 is 0. The molecule has 22 heavy (non-hydrogen) atoms. The second-order valence-corrected chi connectivity index (χ2v) is 6.19. The number of anilines is 1. The summed E-state index contributed by atoms with van der Waals surface area (Å²) >= 11 is 1.34. The molecular formula is C17H14NO3S-. The lowest BCUT2D eigenvalue weighted by atomic mass is 10.1. The molecule has 0 saturated heterocycles. The number of rotatable bonds is 4. The topological polar surface area (TPSA) is 69.2 Å². The third kappa shape index (κ3) is 2.94. The summed E-state index contributed by atoms with van der Waals surface area (Å²) in [6, 6.07) is 9.44. The highest BCUT2D eigenvalue weighted by atomic mass is 32.1. The summed E-state index contributed by atoms with van der Waals surface area (Å²) in [5.74, 6) is -1.56. The van der Waals surface area contributed by atoms with E-state index in [1.807, 2.05) is 30.3 Å². The number of hydrogen-bond donors (Lipinski definition) is 1. The molecule has 3 rings (SSSR count). The summed E-state index contributed by atoms with van der Waals surface area (Å²) in [6.07, 6.45) is 5.67. The second kappa shape index (κ2) is 6.15. The number of nitrogens with one attached hydrogen (secondary N) is 1. The zero-order valence-electron chi connectivity index (χ0n) is 11.8. The van der Waals surface area contributed by atoms with Crippen LogP contribution in [-0.4, -0.2) is 11.9 Å². The first-order valence-electron chi connectivity index (χ1n) is 7.05. The van der Waals surface area contributed by atoms with Gasteiger partial charge in [-0.1, -0.05) is 30.3 Å². The van der Waals surface area contributed by atoms with Gasteiger partial charge in [0.15, 0.2) is 0 Å². The summed E-state index contributed by atoms with van der Waals surface area (Å²) in [6.45, 7) is 0. The molecule has 0 unspecified atom stereocenters. The smallest absolute Gasteiger partial charge is 0.249 e. The Balaban J connectivity index is 1.77. The Morgan fingerprint density at radius 1 is 1.18 bits per heavy atom. The minimum Gasteiger partial charge on any atom is -0.545 e. The lowest BCUT2D eigenvalue weighted by Crippen LogP contribution is -2.24. The van der Waals surface area contributed by atoms with E-state index >= 15 is 0 Å². The van der Waals surface area contributed by atoms with Gasteiger partial charge in [-0.3, -0.25) is 4.79 Å². The quantitative estimate of drug-likeness (QED) is 0.880.